The quantitative estimate of drug-likeness (QED) is 0.477. The van der Waals surface area contributed by atoms with E-state index in [9.17, 15) is 0 Å². The van der Waals surface area contributed by atoms with Crippen LogP contribution in [-0.2, 0) is 4.74 Å². The highest BCUT2D eigenvalue weighted by molar-refractivity contribution is 4.69. The number of nitrogens with two attached hydrogens (primary N) is 2. The molecule has 1 saturated heterocycles. The molecule has 0 aromatic heterocycles. The van der Waals surface area contributed by atoms with E-state index in [4.69, 9.17) is 16.2 Å². The largest absolute Gasteiger partial charge is 0.381 e. The van der Waals surface area contributed by atoms with E-state index in [1.54, 1.807) is 0 Å². The number of rotatable bonds is 1. The number of ether oxygens (including phenoxy) is 1. The van der Waals surface area contributed by atoms with Crippen LogP contribution in [0.15, 0.2) is 0 Å². The molecule has 0 saturated carbocycles. The van der Waals surface area contributed by atoms with Crippen molar-refractivity contribution in [3.63, 3.8) is 0 Å². The summed E-state index contributed by atoms with van der Waals surface area (Å²) in [6.07, 6.45) is 1.91. The van der Waals surface area contributed by atoms with E-state index >= 15 is 0 Å². The predicted molar refractivity (Wildman–Crippen MR) is 35.7 cm³/mol. The molecule has 1 aliphatic heterocycles. The lowest BCUT2D eigenvalue weighted by Gasteiger charge is -2.24. The third-order valence-corrected chi connectivity index (χ3v) is 1.81. The Morgan fingerprint density at radius 2 is 1.78 bits per heavy atom. The van der Waals surface area contributed by atoms with E-state index in [1.807, 2.05) is 0 Å². The summed E-state index contributed by atoms with van der Waals surface area (Å²) in [5, 5.41) is 0. The maximum atomic E-state index is 5.49. The minimum Gasteiger partial charge on any atom is -0.381 e. The Morgan fingerprint density at radius 1 is 1.22 bits per heavy atom. The van der Waals surface area contributed by atoms with Crippen LogP contribution in [0.25, 0.3) is 0 Å². The maximum Gasteiger partial charge on any atom is 0.0551 e. The van der Waals surface area contributed by atoms with Gasteiger partial charge < -0.3 is 16.2 Å². The predicted octanol–water partition coefficient (Wildman–Crippen LogP) is -0.344. The van der Waals surface area contributed by atoms with E-state index in [2.05, 4.69) is 0 Å². The molecule has 0 spiro atoms. The second-order valence-corrected chi connectivity index (χ2v) is 2.53. The van der Waals surface area contributed by atoms with Gasteiger partial charge in [0.15, 0.2) is 0 Å². The Hall–Kier alpha value is -0.120. The highest BCUT2D eigenvalue weighted by Crippen LogP contribution is 2.14. The lowest BCUT2D eigenvalue weighted by Crippen LogP contribution is -2.41. The van der Waals surface area contributed by atoms with E-state index < -0.39 is 0 Å². The molecule has 9 heavy (non-hydrogen) atoms. The van der Waals surface area contributed by atoms with Crippen molar-refractivity contribution in [2.24, 2.45) is 17.4 Å². The van der Waals surface area contributed by atoms with Crippen LogP contribution in [-0.4, -0.2) is 19.4 Å². The van der Waals surface area contributed by atoms with E-state index in [-0.39, 0.29) is 6.17 Å². The topological polar surface area (TPSA) is 61.3 Å². The van der Waals surface area contributed by atoms with Crippen molar-refractivity contribution in [1.29, 1.82) is 0 Å². The van der Waals surface area contributed by atoms with Gasteiger partial charge in [0.25, 0.3) is 0 Å². The van der Waals surface area contributed by atoms with Crippen molar-refractivity contribution in [1.82, 2.24) is 0 Å². The van der Waals surface area contributed by atoms with Crippen molar-refractivity contribution in [3.8, 4) is 0 Å². The van der Waals surface area contributed by atoms with Gasteiger partial charge in [0, 0.05) is 13.2 Å². The summed E-state index contributed by atoms with van der Waals surface area (Å²) in [6.45, 7) is 1.66. The summed E-state index contributed by atoms with van der Waals surface area (Å²) >= 11 is 0. The first-order valence-electron chi connectivity index (χ1n) is 3.39. The van der Waals surface area contributed by atoms with Gasteiger partial charge >= 0.3 is 0 Å². The summed E-state index contributed by atoms with van der Waals surface area (Å²) < 4.78 is 5.14. The normalized spacial score (nSPS) is 23.0. The van der Waals surface area contributed by atoms with E-state index in [0.29, 0.717) is 5.92 Å². The Bertz CT molecular complexity index is 79.1. The van der Waals surface area contributed by atoms with Gasteiger partial charge in [-0.1, -0.05) is 0 Å². The standard InChI is InChI=1S/C6H14N2O/c7-6(8)5-1-3-9-4-2-5/h5-6H,1-4,7-8H2. The highest BCUT2D eigenvalue weighted by atomic mass is 16.5. The minimum atomic E-state index is -0.145. The summed E-state index contributed by atoms with van der Waals surface area (Å²) in [5.41, 5.74) is 11.0. The Kier molecular flexibility index (Phi) is 2.45. The first kappa shape index (κ1) is 6.99. The summed E-state index contributed by atoms with van der Waals surface area (Å²) in [5.74, 6) is 0.485. The first-order valence-corrected chi connectivity index (χ1v) is 3.39. The molecule has 0 radical (unpaired) electrons. The fourth-order valence-corrected chi connectivity index (χ4v) is 1.10. The Balaban J connectivity index is 2.23. The molecular formula is C6H14N2O. The monoisotopic (exact) mass is 130 g/mol. The lowest BCUT2D eigenvalue weighted by atomic mass is 9.98. The zero-order valence-electron chi connectivity index (χ0n) is 5.55. The zero-order valence-corrected chi connectivity index (χ0v) is 5.55. The van der Waals surface area contributed by atoms with Gasteiger partial charge in [-0.2, -0.15) is 0 Å². The number of hydrogen-bond donors (Lipinski definition) is 2. The fourth-order valence-electron chi connectivity index (χ4n) is 1.10. The highest BCUT2D eigenvalue weighted by Gasteiger charge is 2.17. The molecule has 0 bridgehead atoms. The van der Waals surface area contributed by atoms with Crippen molar-refractivity contribution in [2.45, 2.75) is 19.0 Å². The molecule has 0 amide bonds. The molecule has 0 aromatic carbocycles. The van der Waals surface area contributed by atoms with Crippen LogP contribution >= 0.6 is 0 Å². The van der Waals surface area contributed by atoms with Gasteiger partial charge in [0.1, 0.15) is 0 Å². The van der Waals surface area contributed by atoms with E-state index in [0.717, 1.165) is 26.1 Å². The van der Waals surface area contributed by atoms with Crippen LogP contribution in [0, 0.1) is 5.92 Å². The smallest absolute Gasteiger partial charge is 0.0551 e. The van der Waals surface area contributed by atoms with Gasteiger partial charge in [-0.3, -0.25) is 0 Å². The maximum absolute atomic E-state index is 5.49. The lowest BCUT2D eigenvalue weighted by molar-refractivity contribution is 0.0591. The Labute approximate surface area is 55.4 Å². The molecular weight excluding hydrogens is 116 g/mol. The molecule has 0 atom stereocenters. The third kappa shape index (κ3) is 1.93. The second-order valence-electron chi connectivity index (χ2n) is 2.53. The average molecular weight is 130 g/mol. The third-order valence-electron chi connectivity index (χ3n) is 1.81. The van der Waals surface area contributed by atoms with Crippen LogP contribution < -0.4 is 11.5 Å². The molecule has 3 nitrogen and oxygen atoms in total. The van der Waals surface area contributed by atoms with Gasteiger partial charge in [0.05, 0.1) is 6.17 Å². The fraction of sp³-hybridized carbons (Fsp3) is 1.00. The molecule has 0 aromatic rings. The van der Waals surface area contributed by atoms with Crippen molar-refractivity contribution < 1.29 is 4.74 Å². The zero-order chi connectivity index (χ0) is 6.69. The summed E-state index contributed by atoms with van der Waals surface area (Å²) in [7, 11) is 0. The van der Waals surface area contributed by atoms with Crippen molar-refractivity contribution in [2.75, 3.05) is 13.2 Å². The van der Waals surface area contributed by atoms with Crippen LogP contribution in [0.4, 0.5) is 0 Å². The SMILES string of the molecule is NC(N)C1CCOCC1. The van der Waals surface area contributed by atoms with Crippen LogP contribution in [0.1, 0.15) is 12.8 Å². The summed E-state index contributed by atoms with van der Waals surface area (Å²) in [4.78, 5) is 0. The van der Waals surface area contributed by atoms with Gasteiger partial charge in [-0.05, 0) is 18.8 Å². The molecule has 1 rings (SSSR count). The van der Waals surface area contributed by atoms with Crippen molar-refractivity contribution in [3.05, 3.63) is 0 Å². The molecule has 0 unspecified atom stereocenters. The van der Waals surface area contributed by atoms with Crippen LogP contribution in [0.5, 0.6) is 0 Å². The molecule has 1 heterocycles. The molecule has 0 aliphatic carbocycles. The molecule has 3 heteroatoms. The molecule has 54 valence electrons. The van der Waals surface area contributed by atoms with Crippen LogP contribution in [0.2, 0.25) is 0 Å². The van der Waals surface area contributed by atoms with Crippen molar-refractivity contribution >= 4 is 0 Å². The average Bonchev–Trinajstić information content (AvgIpc) is 1.90. The second kappa shape index (κ2) is 3.15. The number of hydrogen-bond acceptors (Lipinski definition) is 3. The first-order chi connectivity index (χ1) is 4.30. The molecule has 4 N–H and O–H groups in total. The van der Waals surface area contributed by atoms with Gasteiger partial charge in [-0.25, -0.2) is 0 Å². The minimum absolute atomic E-state index is 0.145. The Morgan fingerprint density at radius 3 is 2.11 bits per heavy atom. The van der Waals surface area contributed by atoms with Gasteiger partial charge in [0.2, 0.25) is 0 Å². The molecule has 1 fully saturated rings. The van der Waals surface area contributed by atoms with E-state index in [1.165, 1.54) is 0 Å². The van der Waals surface area contributed by atoms with Gasteiger partial charge in [-0.15, -0.1) is 0 Å². The molecule has 1 aliphatic rings. The summed E-state index contributed by atoms with van der Waals surface area (Å²) in [6, 6.07) is 0. The van der Waals surface area contributed by atoms with Crippen LogP contribution in [0.3, 0.4) is 0 Å².